The van der Waals surface area contributed by atoms with Crippen LogP contribution in [0, 0.1) is 0 Å². The lowest BCUT2D eigenvalue weighted by molar-refractivity contribution is -0.256. The number of thioether (sulfide) groups is 1. The summed E-state index contributed by atoms with van der Waals surface area (Å²) in [5.74, 6) is -0.622. The van der Waals surface area contributed by atoms with Crippen LogP contribution in [0.1, 0.15) is 11.6 Å². The van der Waals surface area contributed by atoms with Crippen molar-refractivity contribution in [2.75, 3.05) is 11.1 Å². The van der Waals surface area contributed by atoms with Crippen LogP contribution in [-0.4, -0.2) is 32.6 Å². The third-order valence-corrected chi connectivity index (χ3v) is 5.17. The summed E-state index contributed by atoms with van der Waals surface area (Å²) in [5, 5.41) is 14.0. The molecule has 0 amide bonds. The molecule has 0 saturated heterocycles. The number of aromatic nitrogens is 2. The summed E-state index contributed by atoms with van der Waals surface area (Å²) >= 11 is 0.818. The lowest BCUT2D eigenvalue weighted by Gasteiger charge is -2.38. The van der Waals surface area contributed by atoms with Crippen molar-refractivity contribution in [1.82, 2.24) is 9.97 Å². The van der Waals surface area contributed by atoms with Crippen molar-refractivity contribution in [3.8, 4) is 0 Å². The van der Waals surface area contributed by atoms with Crippen LogP contribution in [0.15, 0.2) is 78.2 Å². The van der Waals surface area contributed by atoms with Gasteiger partial charge in [0, 0.05) is 23.8 Å². The van der Waals surface area contributed by atoms with E-state index in [2.05, 4.69) is 15.3 Å². The summed E-state index contributed by atoms with van der Waals surface area (Å²) in [5.41, 5.74) is -2.21. The molecule has 0 fully saturated rings. The fraction of sp³-hybridized carbons (Fsp3) is 0.211. The fourth-order valence-electron chi connectivity index (χ4n) is 2.66. The highest BCUT2D eigenvalue weighted by molar-refractivity contribution is 7.99. The average Bonchev–Trinajstić information content (AvgIpc) is 3.18. The predicted octanol–water partition coefficient (Wildman–Crippen LogP) is 4.65. The monoisotopic (exact) mass is 393 g/mol. The lowest BCUT2D eigenvalue weighted by atomic mass is 9.89. The van der Waals surface area contributed by atoms with Crippen molar-refractivity contribution in [1.29, 1.82) is 0 Å². The molecule has 3 aromatic rings. The van der Waals surface area contributed by atoms with Gasteiger partial charge in [0.25, 0.3) is 0 Å². The molecule has 27 heavy (non-hydrogen) atoms. The fourth-order valence-corrected chi connectivity index (χ4v) is 3.64. The molecule has 2 aromatic carbocycles. The van der Waals surface area contributed by atoms with Crippen molar-refractivity contribution in [2.24, 2.45) is 0 Å². The van der Waals surface area contributed by atoms with E-state index >= 15 is 0 Å². The molecule has 1 heterocycles. The Hall–Kier alpha value is -2.45. The number of para-hydroxylation sites is 1. The van der Waals surface area contributed by atoms with E-state index in [9.17, 15) is 18.3 Å². The van der Waals surface area contributed by atoms with Crippen molar-refractivity contribution in [3.05, 3.63) is 78.6 Å². The van der Waals surface area contributed by atoms with E-state index in [0.29, 0.717) is 16.4 Å². The molecule has 0 radical (unpaired) electrons. The Bertz CT molecular complexity index is 828. The molecule has 1 unspecified atom stereocenters. The van der Waals surface area contributed by atoms with E-state index in [-0.39, 0.29) is 0 Å². The molecule has 0 saturated carbocycles. The summed E-state index contributed by atoms with van der Waals surface area (Å²) in [4.78, 5) is 6.67. The number of rotatable bonds is 7. The number of halogens is 3. The first-order valence-corrected chi connectivity index (χ1v) is 9.16. The summed E-state index contributed by atoms with van der Waals surface area (Å²) in [6.07, 6.45) is -1.90. The van der Waals surface area contributed by atoms with Gasteiger partial charge in [-0.05, 0) is 17.7 Å². The van der Waals surface area contributed by atoms with Gasteiger partial charge in [0.1, 0.15) is 0 Å². The normalized spacial score (nSPS) is 15.1. The molecular weight excluding hydrogens is 375 g/mol. The van der Waals surface area contributed by atoms with Gasteiger partial charge in [0.05, 0.1) is 6.04 Å². The summed E-state index contributed by atoms with van der Waals surface area (Å²) < 4.78 is 42.1. The third kappa shape index (κ3) is 4.45. The Kier molecular flexibility index (Phi) is 5.76. The zero-order chi connectivity index (χ0) is 19.3. The van der Waals surface area contributed by atoms with Crippen molar-refractivity contribution in [3.63, 3.8) is 0 Å². The maximum absolute atomic E-state index is 14.0. The number of aromatic amines is 1. The Morgan fingerprint density at radius 3 is 2.22 bits per heavy atom. The van der Waals surface area contributed by atoms with Crippen LogP contribution in [0.4, 0.5) is 18.9 Å². The second-order valence-electron chi connectivity index (χ2n) is 5.96. The first kappa shape index (κ1) is 19.3. The first-order valence-electron chi connectivity index (χ1n) is 8.18. The molecule has 2 atom stereocenters. The Morgan fingerprint density at radius 1 is 1.04 bits per heavy atom. The molecular formula is C19H18F3N3OS. The van der Waals surface area contributed by atoms with Crippen LogP contribution in [0.5, 0.6) is 0 Å². The van der Waals surface area contributed by atoms with Crippen LogP contribution in [0.2, 0.25) is 0 Å². The predicted molar refractivity (Wildman–Crippen MR) is 99.6 cm³/mol. The molecule has 1 aromatic heterocycles. The molecule has 0 aliphatic rings. The molecule has 8 heteroatoms. The van der Waals surface area contributed by atoms with Gasteiger partial charge in [-0.2, -0.15) is 13.2 Å². The minimum absolute atomic E-state index is 0.309. The molecule has 0 bridgehead atoms. The summed E-state index contributed by atoms with van der Waals surface area (Å²) in [6.45, 7) is 0. The van der Waals surface area contributed by atoms with Gasteiger partial charge in [0.2, 0.25) is 0 Å². The first-order chi connectivity index (χ1) is 12.9. The highest BCUT2D eigenvalue weighted by Gasteiger charge is 2.59. The molecule has 0 aliphatic carbocycles. The van der Waals surface area contributed by atoms with Gasteiger partial charge in [0.15, 0.2) is 10.8 Å². The smallest absolute Gasteiger partial charge is 0.378 e. The molecule has 3 rings (SSSR count). The van der Waals surface area contributed by atoms with Gasteiger partial charge in [-0.15, -0.1) is 0 Å². The second kappa shape index (κ2) is 8.06. The lowest BCUT2D eigenvalue weighted by Crippen LogP contribution is -2.54. The van der Waals surface area contributed by atoms with Crippen LogP contribution < -0.4 is 5.32 Å². The van der Waals surface area contributed by atoms with Crippen LogP contribution in [-0.2, 0) is 0 Å². The molecule has 0 aliphatic heterocycles. The maximum Gasteiger partial charge on any atom is 0.420 e. The zero-order valence-electron chi connectivity index (χ0n) is 14.1. The molecule has 0 spiro atoms. The number of alkyl halides is 3. The number of aliphatic hydroxyl groups is 1. The van der Waals surface area contributed by atoms with Crippen molar-refractivity contribution >= 4 is 17.4 Å². The Labute approximate surface area is 158 Å². The van der Waals surface area contributed by atoms with E-state index in [0.717, 1.165) is 11.8 Å². The Balaban J connectivity index is 1.98. The largest absolute Gasteiger partial charge is 0.420 e. The molecule has 3 N–H and O–H groups in total. The standard InChI is InChI=1S/C19H18F3N3OS/c20-19(21,22)18(26,13-27-17-23-11-12-24-17)16(14-7-3-1-4-8-14)25-15-9-5-2-6-10-15/h1-12,16,25-26H,13H2,(H,23,24)/t16?,18-/m1/s1. The number of anilines is 1. The van der Waals surface area contributed by atoms with Crippen LogP contribution >= 0.6 is 11.8 Å². The van der Waals surface area contributed by atoms with E-state index in [1.807, 2.05) is 0 Å². The highest BCUT2D eigenvalue weighted by Crippen LogP contribution is 2.44. The van der Waals surface area contributed by atoms with Gasteiger partial charge in [-0.3, -0.25) is 0 Å². The minimum atomic E-state index is -4.87. The minimum Gasteiger partial charge on any atom is -0.378 e. The number of imidazole rings is 1. The van der Waals surface area contributed by atoms with E-state index in [1.165, 1.54) is 12.4 Å². The van der Waals surface area contributed by atoms with Gasteiger partial charge in [-0.25, -0.2) is 4.98 Å². The number of benzene rings is 2. The summed E-state index contributed by atoms with van der Waals surface area (Å²) in [6, 6.07) is 15.3. The van der Waals surface area contributed by atoms with E-state index < -0.39 is 23.6 Å². The SMILES string of the molecule is O[C@](CSc1ncc[nH]1)(C(Nc1ccccc1)c1ccccc1)C(F)(F)F. The zero-order valence-corrected chi connectivity index (χ0v) is 15.0. The average molecular weight is 393 g/mol. The topological polar surface area (TPSA) is 60.9 Å². The van der Waals surface area contributed by atoms with E-state index in [1.54, 1.807) is 60.7 Å². The number of hydrogen-bond acceptors (Lipinski definition) is 4. The number of nitrogens with one attached hydrogen (secondary N) is 2. The van der Waals surface area contributed by atoms with Crippen LogP contribution in [0.25, 0.3) is 0 Å². The molecule has 142 valence electrons. The number of hydrogen-bond donors (Lipinski definition) is 3. The highest BCUT2D eigenvalue weighted by atomic mass is 32.2. The van der Waals surface area contributed by atoms with Crippen LogP contribution in [0.3, 0.4) is 0 Å². The van der Waals surface area contributed by atoms with Gasteiger partial charge >= 0.3 is 6.18 Å². The number of nitrogens with zero attached hydrogens (tertiary/aromatic N) is 1. The third-order valence-electron chi connectivity index (χ3n) is 4.09. The summed E-state index contributed by atoms with van der Waals surface area (Å²) in [7, 11) is 0. The number of H-pyrrole nitrogens is 1. The van der Waals surface area contributed by atoms with Crippen molar-refractivity contribution < 1.29 is 18.3 Å². The van der Waals surface area contributed by atoms with E-state index in [4.69, 9.17) is 0 Å². The van der Waals surface area contributed by atoms with Gasteiger partial charge < -0.3 is 15.4 Å². The Morgan fingerprint density at radius 2 is 1.67 bits per heavy atom. The maximum atomic E-state index is 14.0. The molecule has 4 nitrogen and oxygen atoms in total. The van der Waals surface area contributed by atoms with Gasteiger partial charge in [-0.1, -0.05) is 60.3 Å². The second-order valence-corrected chi connectivity index (χ2v) is 6.92. The van der Waals surface area contributed by atoms with Crippen molar-refractivity contribution in [2.45, 2.75) is 23.0 Å². The quantitative estimate of drug-likeness (QED) is 0.512.